The first-order valence-electron chi connectivity index (χ1n) is 11.3. The van der Waals surface area contributed by atoms with E-state index in [-0.39, 0.29) is 46.8 Å². The quantitative estimate of drug-likeness (QED) is 0.556. The molecule has 1 fully saturated rings. The van der Waals surface area contributed by atoms with E-state index in [4.69, 9.17) is 9.47 Å². The number of carbonyl (C=O) groups excluding carboxylic acids is 3. The highest BCUT2D eigenvalue weighted by atomic mass is 32.2. The number of amides is 2. The second kappa shape index (κ2) is 10.6. The average Bonchev–Trinajstić information content (AvgIpc) is 2.76. The highest BCUT2D eigenvalue weighted by molar-refractivity contribution is 7.89. The van der Waals surface area contributed by atoms with E-state index >= 15 is 0 Å². The number of esters is 2. The number of rotatable bonds is 7. The van der Waals surface area contributed by atoms with Crippen molar-refractivity contribution >= 4 is 28.0 Å². The Labute approximate surface area is 199 Å². The van der Waals surface area contributed by atoms with E-state index < -0.39 is 34.0 Å². The Balaban J connectivity index is 1.71. The summed E-state index contributed by atoms with van der Waals surface area (Å²) in [5.74, 6) is -0.788. The molecule has 3 rings (SSSR count). The first-order chi connectivity index (χ1) is 16.0. The Morgan fingerprint density at radius 2 is 1.65 bits per heavy atom. The van der Waals surface area contributed by atoms with Crippen molar-refractivity contribution in [2.75, 3.05) is 26.3 Å². The van der Waals surface area contributed by atoms with Crippen molar-refractivity contribution in [1.29, 1.82) is 0 Å². The molecule has 2 N–H and O–H groups in total. The number of piperidine rings is 1. The van der Waals surface area contributed by atoms with Crippen LogP contribution in [-0.4, -0.2) is 63.0 Å². The number of benzene rings is 1. The monoisotopic (exact) mass is 493 g/mol. The van der Waals surface area contributed by atoms with Gasteiger partial charge in [0, 0.05) is 13.1 Å². The molecule has 3 unspecified atom stereocenters. The van der Waals surface area contributed by atoms with Gasteiger partial charge in [0.25, 0.3) is 0 Å². The van der Waals surface area contributed by atoms with Crippen LogP contribution in [0.1, 0.15) is 44.5 Å². The van der Waals surface area contributed by atoms with E-state index in [2.05, 4.69) is 10.6 Å². The smallest absolute Gasteiger partial charge is 0.338 e. The summed E-state index contributed by atoms with van der Waals surface area (Å²) >= 11 is 0. The summed E-state index contributed by atoms with van der Waals surface area (Å²) in [5.41, 5.74) is 0.446. The van der Waals surface area contributed by atoms with Crippen LogP contribution in [0.25, 0.3) is 0 Å². The second-order valence-electron chi connectivity index (χ2n) is 8.80. The number of nitrogens with one attached hydrogen (secondary N) is 2. The summed E-state index contributed by atoms with van der Waals surface area (Å²) in [6.07, 6.45) is 0.987. The van der Waals surface area contributed by atoms with Gasteiger partial charge < -0.3 is 20.1 Å². The molecular formula is C23H31N3O7S. The fraction of sp³-hybridized carbons (Fsp3) is 0.522. The van der Waals surface area contributed by atoms with Crippen LogP contribution in [0, 0.1) is 11.8 Å². The standard InChI is InChI=1S/C23H31N3O7S/c1-5-32-22(28)20-16(4)24-23(29)25-19(20)13-33-21(27)17-6-8-18(9-7-17)34(30,31)26-11-14(2)10-15(3)12-26/h6-9,14-16H,5,10-13H2,1-4H3,(H2,24,25,29). The number of carbonyl (C=O) groups is 3. The lowest BCUT2D eigenvalue weighted by Crippen LogP contribution is -2.50. The number of ether oxygens (including phenoxy) is 2. The zero-order valence-corrected chi connectivity index (χ0v) is 20.6. The van der Waals surface area contributed by atoms with Gasteiger partial charge >= 0.3 is 18.0 Å². The molecule has 1 aromatic rings. The van der Waals surface area contributed by atoms with Crippen LogP contribution in [0.5, 0.6) is 0 Å². The molecule has 0 aliphatic carbocycles. The molecule has 11 heteroatoms. The molecule has 0 saturated carbocycles. The lowest BCUT2D eigenvalue weighted by atomic mass is 9.94. The number of nitrogens with zero attached hydrogens (tertiary/aromatic N) is 1. The molecule has 0 spiro atoms. The van der Waals surface area contributed by atoms with Crippen molar-refractivity contribution in [2.24, 2.45) is 11.8 Å². The Hall–Kier alpha value is -2.92. The van der Waals surface area contributed by atoms with Crippen LogP contribution in [0.4, 0.5) is 4.79 Å². The fourth-order valence-corrected chi connectivity index (χ4v) is 6.01. The Morgan fingerprint density at radius 3 is 2.24 bits per heavy atom. The molecule has 3 atom stereocenters. The minimum absolute atomic E-state index is 0.108. The third-order valence-electron chi connectivity index (χ3n) is 5.78. The van der Waals surface area contributed by atoms with Crippen LogP contribution in [0.15, 0.2) is 40.4 Å². The van der Waals surface area contributed by atoms with Gasteiger partial charge in [-0.05, 0) is 56.4 Å². The molecule has 2 aliphatic heterocycles. The van der Waals surface area contributed by atoms with Gasteiger partial charge in [-0.3, -0.25) is 0 Å². The van der Waals surface area contributed by atoms with Crippen LogP contribution < -0.4 is 10.6 Å². The lowest BCUT2D eigenvalue weighted by molar-refractivity contribution is -0.139. The minimum Gasteiger partial charge on any atom is -0.463 e. The maximum Gasteiger partial charge on any atom is 0.338 e. The normalized spacial score (nSPS) is 23.6. The number of hydrogen-bond acceptors (Lipinski definition) is 7. The maximum atomic E-state index is 13.0. The van der Waals surface area contributed by atoms with Gasteiger partial charge in [-0.25, -0.2) is 22.8 Å². The van der Waals surface area contributed by atoms with Crippen molar-refractivity contribution in [2.45, 2.75) is 45.1 Å². The van der Waals surface area contributed by atoms with E-state index in [0.29, 0.717) is 13.1 Å². The van der Waals surface area contributed by atoms with E-state index in [9.17, 15) is 22.8 Å². The van der Waals surface area contributed by atoms with Gasteiger partial charge in [0.1, 0.15) is 6.61 Å². The Morgan fingerprint density at radius 1 is 1.03 bits per heavy atom. The summed E-state index contributed by atoms with van der Waals surface area (Å²) < 4.78 is 37.8. The SMILES string of the molecule is CCOC(=O)C1=C(COC(=O)c2ccc(S(=O)(=O)N3CC(C)CC(C)C3)cc2)NC(=O)NC1C. The molecule has 186 valence electrons. The summed E-state index contributed by atoms with van der Waals surface area (Å²) in [4.78, 5) is 36.7. The predicted molar refractivity (Wildman–Crippen MR) is 123 cm³/mol. The van der Waals surface area contributed by atoms with Crippen molar-refractivity contribution in [3.05, 3.63) is 41.1 Å². The minimum atomic E-state index is -3.67. The van der Waals surface area contributed by atoms with E-state index in [1.807, 2.05) is 13.8 Å². The van der Waals surface area contributed by atoms with Gasteiger partial charge in [-0.15, -0.1) is 0 Å². The first-order valence-corrected chi connectivity index (χ1v) is 12.7. The molecule has 0 aromatic heterocycles. The zero-order chi connectivity index (χ0) is 25.0. The highest BCUT2D eigenvalue weighted by Crippen LogP contribution is 2.27. The zero-order valence-electron chi connectivity index (χ0n) is 19.8. The van der Waals surface area contributed by atoms with Crippen LogP contribution in [0.2, 0.25) is 0 Å². The van der Waals surface area contributed by atoms with Crippen LogP contribution in [-0.2, 0) is 24.3 Å². The van der Waals surface area contributed by atoms with Crippen LogP contribution >= 0.6 is 0 Å². The van der Waals surface area contributed by atoms with Crippen molar-refractivity contribution in [1.82, 2.24) is 14.9 Å². The summed E-state index contributed by atoms with van der Waals surface area (Å²) in [6, 6.07) is 4.39. The van der Waals surface area contributed by atoms with Gasteiger partial charge in [0.05, 0.1) is 34.4 Å². The molecule has 10 nitrogen and oxygen atoms in total. The fourth-order valence-electron chi connectivity index (χ4n) is 4.33. The second-order valence-corrected chi connectivity index (χ2v) is 10.7. The lowest BCUT2D eigenvalue weighted by Gasteiger charge is -2.34. The Kier molecular flexibility index (Phi) is 7.98. The number of sulfonamides is 1. The summed E-state index contributed by atoms with van der Waals surface area (Å²) in [7, 11) is -3.67. The van der Waals surface area contributed by atoms with Gasteiger partial charge in [-0.2, -0.15) is 4.31 Å². The van der Waals surface area contributed by atoms with Crippen molar-refractivity contribution in [3.63, 3.8) is 0 Å². The highest BCUT2D eigenvalue weighted by Gasteiger charge is 2.32. The Bertz CT molecular complexity index is 1070. The molecule has 0 radical (unpaired) electrons. The van der Waals surface area contributed by atoms with Crippen LogP contribution in [0.3, 0.4) is 0 Å². The summed E-state index contributed by atoms with van der Waals surface area (Å²) in [5, 5.41) is 5.04. The number of hydrogen-bond donors (Lipinski definition) is 2. The topological polar surface area (TPSA) is 131 Å². The van der Waals surface area contributed by atoms with E-state index in [0.717, 1.165) is 6.42 Å². The molecule has 0 bridgehead atoms. The molecular weight excluding hydrogens is 462 g/mol. The van der Waals surface area contributed by atoms with Crippen molar-refractivity contribution < 1.29 is 32.3 Å². The third-order valence-corrected chi connectivity index (χ3v) is 7.62. The molecule has 1 saturated heterocycles. The molecule has 2 heterocycles. The molecule has 2 aliphatic rings. The molecule has 34 heavy (non-hydrogen) atoms. The molecule has 1 aromatic carbocycles. The maximum absolute atomic E-state index is 13.0. The molecule has 2 amide bonds. The van der Waals surface area contributed by atoms with Crippen molar-refractivity contribution in [3.8, 4) is 0 Å². The van der Waals surface area contributed by atoms with Gasteiger partial charge in [0.15, 0.2) is 0 Å². The number of urea groups is 1. The van der Waals surface area contributed by atoms with Gasteiger partial charge in [-0.1, -0.05) is 13.8 Å². The van der Waals surface area contributed by atoms with Gasteiger partial charge in [0.2, 0.25) is 10.0 Å². The first kappa shape index (κ1) is 25.7. The van der Waals surface area contributed by atoms with E-state index in [1.54, 1.807) is 13.8 Å². The predicted octanol–water partition coefficient (Wildman–Crippen LogP) is 2.03. The largest absolute Gasteiger partial charge is 0.463 e. The van der Waals surface area contributed by atoms with E-state index in [1.165, 1.54) is 28.6 Å². The average molecular weight is 494 g/mol. The third kappa shape index (κ3) is 5.76. The summed E-state index contributed by atoms with van der Waals surface area (Å²) in [6.45, 7) is 8.08.